The Hall–Kier alpha value is -3.35. The van der Waals surface area contributed by atoms with Gasteiger partial charge < -0.3 is 20.4 Å². The number of carbonyl (C=O) groups is 2. The van der Waals surface area contributed by atoms with Gasteiger partial charge in [-0.05, 0) is 36.2 Å². The lowest BCUT2D eigenvalue weighted by atomic mass is 10.0. The van der Waals surface area contributed by atoms with E-state index in [1.807, 2.05) is 38.1 Å². The minimum absolute atomic E-state index is 0.0139. The second kappa shape index (κ2) is 6.75. The first-order chi connectivity index (χ1) is 13.0. The monoisotopic (exact) mass is 364 g/mol. The van der Waals surface area contributed by atoms with Crippen LogP contribution in [-0.2, 0) is 4.79 Å². The average Bonchev–Trinajstić information content (AvgIpc) is 3.08. The Balaban J connectivity index is 1.59. The molecule has 0 aliphatic carbocycles. The molecule has 7 nitrogen and oxygen atoms in total. The SMILES string of the molecule is CC(C)[C@@H](NC(=O)c1ccc2c(c1)NC(=O)CO2)c1nc2ccccc2[nH]1. The number of H-pyrrole nitrogens is 1. The Morgan fingerprint density at radius 3 is 2.81 bits per heavy atom. The van der Waals surface area contributed by atoms with Crippen molar-refractivity contribution >= 4 is 28.5 Å². The van der Waals surface area contributed by atoms with Gasteiger partial charge in [0.15, 0.2) is 6.61 Å². The lowest BCUT2D eigenvalue weighted by Gasteiger charge is -2.22. The maximum absolute atomic E-state index is 12.8. The number of benzene rings is 2. The van der Waals surface area contributed by atoms with E-state index in [0.29, 0.717) is 22.8 Å². The maximum atomic E-state index is 12.8. The molecule has 0 fully saturated rings. The van der Waals surface area contributed by atoms with Crippen LogP contribution in [0.5, 0.6) is 5.75 Å². The summed E-state index contributed by atoms with van der Waals surface area (Å²) in [7, 11) is 0. The predicted molar refractivity (Wildman–Crippen MR) is 102 cm³/mol. The minimum atomic E-state index is -0.272. The van der Waals surface area contributed by atoms with Crippen LogP contribution in [0.1, 0.15) is 36.1 Å². The van der Waals surface area contributed by atoms with Crippen molar-refractivity contribution in [1.29, 1.82) is 0 Å². The number of hydrogen-bond acceptors (Lipinski definition) is 4. The molecule has 27 heavy (non-hydrogen) atoms. The number of ether oxygens (including phenoxy) is 1. The third-order valence-corrected chi connectivity index (χ3v) is 4.53. The van der Waals surface area contributed by atoms with E-state index in [0.717, 1.165) is 11.0 Å². The van der Waals surface area contributed by atoms with Crippen LogP contribution in [0, 0.1) is 5.92 Å². The molecule has 0 spiro atoms. The molecule has 1 atom stereocenters. The maximum Gasteiger partial charge on any atom is 0.262 e. The van der Waals surface area contributed by atoms with Crippen LogP contribution in [0.25, 0.3) is 11.0 Å². The molecule has 7 heteroatoms. The zero-order chi connectivity index (χ0) is 19.0. The van der Waals surface area contributed by atoms with Gasteiger partial charge in [0.05, 0.1) is 22.8 Å². The number of anilines is 1. The molecule has 0 radical (unpaired) electrons. The van der Waals surface area contributed by atoms with E-state index in [4.69, 9.17) is 4.74 Å². The average molecular weight is 364 g/mol. The van der Waals surface area contributed by atoms with Crippen molar-refractivity contribution in [3.63, 3.8) is 0 Å². The molecule has 1 aliphatic rings. The van der Waals surface area contributed by atoms with Gasteiger partial charge in [0.2, 0.25) is 0 Å². The second-order valence-corrected chi connectivity index (χ2v) is 6.88. The topological polar surface area (TPSA) is 96.1 Å². The van der Waals surface area contributed by atoms with E-state index in [1.165, 1.54) is 0 Å². The molecule has 1 aliphatic heterocycles. The highest BCUT2D eigenvalue weighted by molar-refractivity contribution is 6.00. The fraction of sp³-hybridized carbons (Fsp3) is 0.250. The van der Waals surface area contributed by atoms with Crippen LogP contribution < -0.4 is 15.4 Å². The number of aromatic nitrogens is 2. The number of nitrogens with zero attached hydrogens (tertiary/aromatic N) is 1. The molecular formula is C20H20N4O3. The highest BCUT2D eigenvalue weighted by atomic mass is 16.5. The lowest BCUT2D eigenvalue weighted by Crippen LogP contribution is -2.33. The van der Waals surface area contributed by atoms with Crippen molar-refractivity contribution in [3.8, 4) is 5.75 Å². The molecule has 0 saturated heterocycles. The standard InChI is InChI=1S/C20H20N4O3/c1-11(2)18(19-22-13-5-3-4-6-14(13)23-19)24-20(26)12-7-8-16-15(9-12)21-17(25)10-27-16/h3-9,11,18H,10H2,1-2H3,(H,21,25)(H,22,23)(H,24,26)/t18-/m1/s1. The first kappa shape index (κ1) is 17.1. The van der Waals surface area contributed by atoms with Crippen molar-refractivity contribution < 1.29 is 14.3 Å². The summed E-state index contributed by atoms with van der Waals surface area (Å²) in [5, 5.41) is 5.76. The van der Waals surface area contributed by atoms with Gasteiger partial charge in [-0.2, -0.15) is 0 Å². The normalized spacial score (nSPS) is 14.4. The molecule has 3 aromatic rings. The van der Waals surface area contributed by atoms with Crippen molar-refractivity contribution in [3.05, 3.63) is 53.9 Å². The summed E-state index contributed by atoms with van der Waals surface area (Å²) in [6, 6.07) is 12.5. The Morgan fingerprint density at radius 2 is 2.04 bits per heavy atom. The smallest absolute Gasteiger partial charge is 0.262 e. The first-order valence-electron chi connectivity index (χ1n) is 8.83. The number of hydrogen-bond donors (Lipinski definition) is 3. The second-order valence-electron chi connectivity index (χ2n) is 6.88. The van der Waals surface area contributed by atoms with E-state index in [2.05, 4.69) is 20.6 Å². The Bertz CT molecular complexity index is 992. The van der Waals surface area contributed by atoms with Gasteiger partial charge in [-0.25, -0.2) is 4.98 Å². The Kier molecular flexibility index (Phi) is 4.27. The molecule has 138 valence electrons. The zero-order valence-corrected chi connectivity index (χ0v) is 15.1. The van der Waals surface area contributed by atoms with Gasteiger partial charge in [0.1, 0.15) is 11.6 Å². The molecule has 2 heterocycles. The van der Waals surface area contributed by atoms with Crippen LogP contribution in [0.2, 0.25) is 0 Å². The number of amides is 2. The molecule has 0 bridgehead atoms. The number of imidazole rings is 1. The number of aromatic amines is 1. The Labute approximate surface area is 156 Å². The molecule has 2 amide bonds. The number of fused-ring (bicyclic) bond motifs is 2. The van der Waals surface area contributed by atoms with Crippen molar-refractivity contribution in [1.82, 2.24) is 15.3 Å². The van der Waals surface area contributed by atoms with Crippen LogP contribution in [0.15, 0.2) is 42.5 Å². The highest BCUT2D eigenvalue weighted by Crippen LogP contribution is 2.29. The molecule has 1 aromatic heterocycles. The molecule has 0 saturated carbocycles. The summed E-state index contributed by atoms with van der Waals surface area (Å²) in [6.07, 6.45) is 0. The van der Waals surface area contributed by atoms with Crippen molar-refractivity contribution in [2.45, 2.75) is 19.9 Å². The van der Waals surface area contributed by atoms with Crippen molar-refractivity contribution in [2.75, 3.05) is 11.9 Å². The van der Waals surface area contributed by atoms with Gasteiger partial charge in [-0.15, -0.1) is 0 Å². The first-order valence-corrected chi connectivity index (χ1v) is 8.83. The molecule has 0 unspecified atom stereocenters. The number of para-hydroxylation sites is 2. The van der Waals surface area contributed by atoms with Gasteiger partial charge >= 0.3 is 0 Å². The van der Waals surface area contributed by atoms with Crippen LogP contribution in [0.3, 0.4) is 0 Å². The third-order valence-electron chi connectivity index (χ3n) is 4.53. The fourth-order valence-electron chi connectivity index (χ4n) is 3.12. The molecular weight excluding hydrogens is 344 g/mol. The lowest BCUT2D eigenvalue weighted by molar-refractivity contribution is -0.118. The van der Waals surface area contributed by atoms with Crippen LogP contribution in [-0.4, -0.2) is 28.4 Å². The van der Waals surface area contributed by atoms with E-state index >= 15 is 0 Å². The number of nitrogens with one attached hydrogen (secondary N) is 3. The largest absolute Gasteiger partial charge is 0.482 e. The minimum Gasteiger partial charge on any atom is -0.482 e. The van der Waals surface area contributed by atoms with Crippen molar-refractivity contribution in [2.24, 2.45) is 5.92 Å². The van der Waals surface area contributed by atoms with Crippen LogP contribution in [0.4, 0.5) is 5.69 Å². The molecule has 3 N–H and O–H groups in total. The quantitative estimate of drug-likeness (QED) is 0.663. The third kappa shape index (κ3) is 3.36. The molecule has 2 aromatic carbocycles. The molecule has 4 rings (SSSR count). The van der Waals surface area contributed by atoms with E-state index in [-0.39, 0.29) is 30.4 Å². The van der Waals surface area contributed by atoms with E-state index in [1.54, 1.807) is 18.2 Å². The van der Waals surface area contributed by atoms with Gasteiger partial charge in [0.25, 0.3) is 11.8 Å². The summed E-state index contributed by atoms with van der Waals surface area (Å²) in [5.41, 5.74) is 2.74. The fourth-order valence-corrected chi connectivity index (χ4v) is 3.12. The summed E-state index contributed by atoms with van der Waals surface area (Å²) < 4.78 is 5.33. The summed E-state index contributed by atoms with van der Waals surface area (Å²) in [6.45, 7) is 4.04. The summed E-state index contributed by atoms with van der Waals surface area (Å²) >= 11 is 0. The van der Waals surface area contributed by atoms with Gasteiger partial charge in [0, 0.05) is 5.56 Å². The van der Waals surface area contributed by atoms with Crippen LogP contribution >= 0.6 is 0 Å². The van der Waals surface area contributed by atoms with Gasteiger partial charge in [-0.3, -0.25) is 9.59 Å². The zero-order valence-electron chi connectivity index (χ0n) is 15.1. The van der Waals surface area contributed by atoms with Gasteiger partial charge in [-0.1, -0.05) is 26.0 Å². The summed E-state index contributed by atoms with van der Waals surface area (Å²) in [4.78, 5) is 32.2. The predicted octanol–water partition coefficient (Wildman–Crippen LogP) is 3.02. The van der Waals surface area contributed by atoms with E-state index < -0.39 is 0 Å². The Morgan fingerprint density at radius 1 is 1.22 bits per heavy atom. The van der Waals surface area contributed by atoms with E-state index in [9.17, 15) is 9.59 Å². The number of carbonyl (C=O) groups excluding carboxylic acids is 2. The summed E-state index contributed by atoms with van der Waals surface area (Å²) in [5.74, 6) is 0.937. The number of rotatable bonds is 4. The highest BCUT2D eigenvalue weighted by Gasteiger charge is 2.24.